The molecule has 0 aliphatic carbocycles. The number of hydrogen-bond acceptors (Lipinski definition) is 8. The lowest BCUT2D eigenvalue weighted by Gasteiger charge is -2.23. The zero-order valence-corrected chi connectivity index (χ0v) is 16.4. The molecule has 152 valence electrons. The molecule has 1 amide bonds. The summed E-state index contributed by atoms with van der Waals surface area (Å²) in [6.45, 7) is 3.89. The van der Waals surface area contributed by atoms with Crippen LogP contribution in [-0.4, -0.2) is 62.1 Å². The minimum Gasteiger partial charge on any atom is -0.468 e. The number of nitrogens with zero attached hydrogens (tertiary/aromatic N) is 2. The number of rotatable bonds is 8. The van der Waals surface area contributed by atoms with E-state index in [0.29, 0.717) is 17.7 Å². The summed E-state index contributed by atoms with van der Waals surface area (Å²) < 4.78 is 14.7. The molecule has 0 radical (unpaired) electrons. The number of carbonyl (C=O) groups excluding carboxylic acids is 3. The molecule has 0 aromatic heterocycles. The molecule has 1 aliphatic heterocycles. The largest absolute Gasteiger partial charge is 0.468 e. The summed E-state index contributed by atoms with van der Waals surface area (Å²) in [5, 5.41) is 4.03. The van der Waals surface area contributed by atoms with Crippen LogP contribution in [0.2, 0.25) is 0 Å². The van der Waals surface area contributed by atoms with Crippen molar-refractivity contribution in [3.8, 4) is 0 Å². The van der Waals surface area contributed by atoms with Gasteiger partial charge in [-0.2, -0.15) is 5.10 Å². The van der Waals surface area contributed by atoms with Crippen LogP contribution in [0.5, 0.6) is 0 Å². The number of carbonyl (C=O) groups is 3. The fraction of sp³-hybridized carbons (Fsp3) is 0.474. The quantitative estimate of drug-likeness (QED) is 0.235. The molecule has 1 saturated heterocycles. The van der Waals surface area contributed by atoms with E-state index in [-0.39, 0.29) is 13.2 Å². The molecule has 9 nitrogen and oxygen atoms in total. The topological polar surface area (TPSA) is 106 Å². The van der Waals surface area contributed by atoms with Crippen molar-refractivity contribution in [1.82, 2.24) is 10.3 Å². The van der Waals surface area contributed by atoms with Gasteiger partial charge in [0.05, 0.1) is 26.5 Å². The Bertz CT molecular complexity index is 751. The summed E-state index contributed by atoms with van der Waals surface area (Å²) in [6, 6.07) is 8.08. The molecule has 1 aromatic carbocycles. The molecule has 1 N–H and O–H groups in total. The predicted octanol–water partition coefficient (Wildman–Crippen LogP) is 1.42. The van der Waals surface area contributed by atoms with Gasteiger partial charge in [0, 0.05) is 6.54 Å². The van der Waals surface area contributed by atoms with E-state index in [1.807, 2.05) is 6.07 Å². The van der Waals surface area contributed by atoms with Crippen LogP contribution in [0.15, 0.2) is 35.4 Å². The molecule has 3 unspecified atom stereocenters. The molecule has 0 spiro atoms. The molecule has 1 heterocycles. The standard InChI is InChI=1S/C19H25N3O6/c1-5-14(20-21-18(25)28-6-2)15(16(23)26-3)22-12-19(22,17(24)27-4)13-10-8-7-9-11-13/h7-11,15H,5-6,12H2,1-4H3,(H,21,25)/b20-14+. The van der Waals surface area contributed by atoms with Crippen molar-refractivity contribution in [2.45, 2.75) is 31.8 Å². The molecule has 9 heteroatoms. The van der Waals surface area contributed by atoms with Crippen LogP contribution in [0, 0.1) is 0 Å². The highest BCUT2D eigenvalue weighted by Gasteiger charge is 2.65. The number of hydrazone groups is 1. The van der Waals surface area contributed by atoms with Gasteiger partial charge in [-0.3, -0.25) is 4.90 Å². The van der Waals surface area contributed by atoms with E-state index in [1.54, 1.807) is 43.0 Å². The third-order valence-electron chi connectivity index (χ3n) is 4.54. The number of amides is 1. The van der Waals surface area contributed by atoms with Crippen LogP contribution in [-0.2, 0) is 29.3 Å². The first-order chi connectivity index (χ1) is 13.5. The van der Waals surface area contributed by atoms with Crippen LogP contribution in [0.3, 0.4) is 0 Å². The third-order valence-corrected chi connectivity index (χ3v) is 4.54. The Balaban J connectivity index is 2.40. The summed E-state index contributed by atoms with van der Waals surface area (Å²) >= 11 is 0. The molecule has 1 aliphatic rings. The predicted molar refractivity (Wildman–Crippen MR) is 101 cm³/mol. The van der Waals surface area contributed by atoms with Gasteiger partial charge in [-0.25, -0.2) is 19.8 Å². The number of hydrogen-bond donors (Lipinski definition) is 1. The van der Waals surface area contributed by atoms with E-state index in [1.165, 1.54) is 14.2 Å². The Morgan fingerprint density at radius 1 is 1.18 bits per heavy atom. The number of methoxy groups -OCH3 is 2. The average molecular weight is 391 g/mol. The number of nitrogens with one attached hydrogen (secondary N) is 1. The first kappa shape index (κ1) is 21.4. The van der Waals surface area contributed by atoms with Crippen molar-refractivity contribution in [3.05, 3.63) is 35.9 Å². The first-order valence-electron chi connectivity index (χ1n) is 8.93. The molecule has 28 heavy (non-hydrogen) atoms. The van der Waals surface area contributed by atoms with E-state index >= 15 is 0 Å². The van der Waals surface area contributed by atoms with Crippen LogP contribution < -0.4 is 5.43 Å². The Morgan fingerprint density at radius 2 is 1.86 bits per heavy atom. The molecule has 0 saturated carbocycles. The lowest BCUT2D eigenvalue weighted by atomic mass is 9.98. The molecule has 2 rings (SSSR count). The second kappa shape index (κ2) is 9.32. The van der Waals surface area contributed by atoms with Gasteiger partial charge in [-0.1, -0.05) is 37.3 Å². The van der Waals surface area contributed by atoms with Crippen molar-refractivity contribution in [3.63, 3.8) is 0 Å². The van der Waals surface area contributed by atoms with E-state index in [0.717, 1.165) is 0 Å². The van der Waals surface area contributed by atoms with Gasteiger partial charge in [0.1, 0.15) is 0 Å². The van der Waals surface area contributed by atoms with Crippen LogP contribution in [0.4, 0.5) is 4.79 Å². The van der Waals surface area contributed by atoms with Crippen molar-refractivity contribution < 1.29 is 28.6 Å². The smallest absolute Gasteiger partial charge is 0.427 e. The molecular weight excluding hydrogens is 366 g/mol. The monoisotopic (exact) mass is 391 g/mol. The zero-order valence-electron chi connectivity index (χ0n) is 16.4. The van der Waals surface area contributed by atoms with Gasteiger partial charge in [0.2, 0.25) is 0 Å². The highest BCUT2D eigenvalue weighted by atomic mass is 16.6. The van der Waals surface area contributed by atoms with E-state index in [2.05, 4.69) is 10.5 Å². The highest BCUT2D eigenvalue weighted by Crippen LogP contribution is 2.46. The fourth-order valence-corrected chi connectivity index (χ4v) is 3.13. The van der Waals surface area contributed by atoms with Crippen LogP contribution >= 0.6 is 0 Å². The summed E-state index contributed by atoms with van der Waals surface area (Å²) in [4.78, 5) is 38.4. The van der Waals surface area contributed by atoms with E-state index < -0.39 is 29.6 Å². The normalized spacial score (nSPS) is 22.0. The molecular formula is C19H25N3O6. The lowest BCUT2D eigenvalue weighted by molar-refractivity contribution is -0.147. The maximum Gasteiger partial charge on any atom is 0.427 e. The summed E-state index contributed by atoms with van der Waals surface area (Å²) in [7, 11) is 2.56. The van der Waals surface area contributed by atoms with E-state index in [9.17, 15) is 14.4 Å². The van der Waals surface area contributed by atoms with Gasteiger partial charge in [0.25, 0.3) is 0 Å². The van der Waals surface area contributed by atoms with Crippen LogP contribution in [0.25, 0.3) is 0 Å². The highest BCUT2D eigenvalue weighted by molar-refractivity contribution is 6.07. The third kappa shape index (κ3) is 4.14. The van der Waals surface area contributed by atoms with Gasteiger partial charge >= 0.3 is 18.0 Å². The number of benzene rings is 1. The second-order valence-electron chi connectivity index (χ2n) is 6.06. The van der Waals surface area contributed by atoms with E-state index in [4.69, 9.17) is 14.2 Å². The summed E-state index contributed by atoms with van der Waals surface area (Å²) in [6.07, 6.45) is -0.389. The number of esters is 2. The molecule has 1 aromatic rings. The zero-order chi connectivity index (χ0) is 20.7. The van der Waals surface area contributed by atoms with Crippen molar-refractivity contribution >= 4 is 23.7 Å². The van der Waals surface area contributed by atoms with Gasteiger partial charge in [-0.05, 0) is 18.9 Å². The Morgan fingerprint density at radius 3 is 2.39 bits per heavy atom. The van der Waals surface area contributed by atoms with Gasteiger partial charge in [-0.15, -0.1) is 0 Å². The van der Waals surface area contributed by atoms with Crippen LogP contribution in [0.1, 0.15) is 25.8 Å². The first-order valence-corrected chi connectivity index (χ1v) is 8.93. The SMILES string of the molecule is CCOC(=O)N/N=C(\CC)C(C(=O)OC)N1CC1(C(=O)OC)c1ccccc1. The maximum absolute atomic E-state index is 12.6. The van der Waals surface area contributed by atoms with Crippen molar-refractivity contribution in [2.24, 2.45) is 5.10 Å². The second-order valence-corrected chi connectivity index (χ2v) is 6.06. The Hall–Kier alpha value is -2.94. The van der Waals surface area contributed by atoms with Crippen molar-refractivity contribution in [2.75, 3.05) is 27.4 Å². The lowest BCUT2D eigenvalue weighted by Crippen LogP contribution is -2.44. The van der Waals surface area contributed by atoms with Gasteiger partial charge < -0.3 is 14.2 Å². The molecule has 0 bridgehead atoms. The minimum absolute atomic E-state index is 0.189. The van der Waals surface area contributed by atoms with Crippen molar-refractivity contribution in [1.29, 1.82) is 0 Å². The number of ether oxygens (including phenoxy) is 3. The molecule has 3 atom stereocenters. The Labute approximate surface area is 163 Å². The summed E-state index contributed by atoms with van der Waals surface area (Å²) in [5.74, 6) is -1.07. The average Bonchev–Trinajstić information content (AvgIpc) is 3.47. The van der Waals surface area contributed by atoms with Gasteiger partial charge in [0.15, 0.2) is 11.6 Å². The molecule has 1 fully saturated rings. The maximum atomic E-state index is 12.6. The summed E-state index contributed by atoms with van der Waals surface area (Å²) in [5.41, 5.74) is 2.18. The minimum atomic E-state index is -1.12. The fourth-order valence-electron chi connectivity index (χ4n) is 3.13. The Kier molecular flexibility index (Phi) is 7.11.